The van der Waals surface area contributed by atoms with Crippen LogP contribution in [0.2, 0.25) is 0 Å². The second-order valence-electron chi connectivity index (χ2n) is 3.52. The van der Waals surface area contributed by atoms with Gasteiger partial charge in [-0.2, -0.15) is 0 Å². The molecule has 2 heteroatoms. The van der Waals surface area contributed by atoms with Gasteiger partial charge in [0.25, 0.3) is 0 Å². The van der Waals surface area contributed by atoms with Crippen molar-refractivity contribution >= 4 is 0 Å². The quantitative estimate of drug-likeness (QED) is 0.723. The van der Waals surface area contributed by atoms with E-state index in [2.05, 4.69) is 13.0 Å². The third kappa shape index (κ3) is 1.60. The molecule has 0 aliphatic rings. The van der Waals surface area contributed by atoms with Gasteiger partial charge >= 0.3 is 0 Å². The Bertz CT molecular complexity index is 383. The number of hydrogen-bond donors (Lipinski definition) is 0. The predicted octanol–water partition coefficient (Wildman–Crippen LogP) is 3.44. The minimum Gasteiger partial charge on any atom is -0.466 e. The van der Waals surface area contributed by atoms with Crippen LogP contribution >= 0.6 is 0 Å². The SMILES string of the molecule is Cc1[c]cc(C(C)c2ccc(C)o2)o1. The van der Waals surface area contributed by atoms with Gasteiger partial charge in [-0.3, -0.25) is 0 Å². The molecule has 2 nitrogen and oxygen atoms in total. The standard InChI is InChI=1S/C12H13O2/c1-8-4-6-11(13-8)10(3)12-7-5-9(2)14-12/h4,6-7,10H,1-3H3. The molecule has 0 spiro atoms. The molecule has 0 amide bonds. The van der Waals surface area contributed by atoms with Crippen LogP contribution in [0.15, 0.2) is 27.0 Å². The fourth-order valence-corrected chi connectivity index (χ4v) is 1.45. The van der Waals surface area contributed by atoms with Gasteiger partial charge in [-0.25, -0.2) is 0 Å². The topological polar surface area (TPSA) is 26.3 Å². The molecule has 0 bridgehead atoms. The first kappa shape index (κ1) is 9.13. The molecule has 1 unspecified atom stereocenters. The Kier molecular flexibility index (Phi) is 2.20. The summed E-state index contributed by atoms with van der Waals surface area (Å²) in [6.07, 6.45) is 0. The zero-order valence-electron chi connectivity index (χ0n) is 8.63. The van der Waals surface area contributed by atoms with Crippen LogP contribution in [0.4, 0.5) is 0 Å². The van der Waals surface area contributed by atoms with Crippen molar-refractivity contribution in [2.75, 3.05) is 0 Å². The van der Waals surface area contributed by atoms with Crippen molar-refractivity contribution in [2.24, 2.45) is 0 Å². The molecule has 0 saturated carbocycles. The Morgan fingerprint density at radius 3 is 2.43 bits per heavy atom. The van der Waals surface area contributed by atoms with Crippen molar-refractivity contribution in [3.8, 4) is 0 Å². The van der Waals surface area contributed by atoms with Crippen LogP contribution in [-0.4, -0.2) is 0 Å². The van der Waals surface area contributed by atoms with Crippen LogP contribution in [0, 0.1) is 19.9 Å². The van der Waals surface area contributed by atoms with E-state index in [4.69, 9.17) is 8.83 Å². The fraction of sp³-hybridized carbons (Fsp3) is 0.333. The fourth-order valence-electron chi connectivity index (χ4n) is 1.45. The second-order valence-corrected chi connectivity index (χ2v) is 3.52. The predicted molar refractivity (Wildman–Crippen MR) is 53.2 cm³/mol. The van der Waals surface area contributed by atoms with Crippen molar-refractivity contribution in [1.29, 1.82) is 0 Å². The zero-order chi connectivity index (χ0) is 10.1. The van der Waals surface area contributed by atoms with E-state index >= 15 is 0 Å². The summed E-state index contributed by atoms with van der Waals surface area (Å²) < 4.78 is 11.0. The van der Waals surface area contributed by atoms with Gasteiger partial charge in [0.05, 0.1) is 5.92 Å². The number of furan rings is 2. The van der Waals surface area contributed by atoms with E-state index in [1.54, 1.807) is 0 Å². The zero-order valence-corrected chi connectivity index (χ0v) is 8.63. The highest BCUT2D eigenvalue weighted by Crippen LogP contribution is 2.26. The van der Waals surface area contributed by atoms with Crippen molar-refractivity contribution in [2.45, 2.75) is 26.7 Å². The first-order valence-electron chi connectivity index (χ1n) is 4.71. The first-order chi connectivity index (χ1) is 6.66. The Morgan fingerprint density at radius 2 is 1.93 bits per heavy atom. The molecule has 2 heterocycles. The summed E-state index contributed by atoms with van der Waals surface area (Å²) in [6, 6.07) is 8.84. The maximum absolute atomic E-state index is 5.54. The second kappa shape index (κ2) is 3.37. The molecule has 0 N–H and O–H groups in total. The summed E-state index contributed by atoms with van der Waals surface area (Å²) in [5, 5.41) is 0. The van der Waals surface area contributed by atoms with Gasteiger partial charge in [0.2, 0.25) is 0 Å². The van der Waals surface area contributed by atoms with E-state index in [1.807, 2.05) is 32.0 Å². The summed E-state index contributed by atoms with van der Waals surface area (Å²) in [7, 11) is 0. The first-order valence-corrected chi connectivity index (χ1v) is 4.71. The average molecular weight is 189 g/mol. The van der Waals surface area contributed by atoms with E-state index in [9.17, 15) is 0 Å². The monoisotopic (exact) mass is 189 g/mol. The Labute approximate surface area is 83.5 Å². The minimum atomic E-state index is 0.161. The number of hydrogen-bond acceptors (Lipinski definition) is 2. The van der Waals surface area contributed by atoms with Crippen LogP contribution in [0.5, 0.6) is 0 Å². The lowest BCUT2D eigenvalue weighted by Gasteiger charge is -2.03. The molecule has 73 valence electrons. The van der Waals surface area contributed by atoms with Gasteiger partial charge < -0.3 is 8.83 Å². The molecule has 2 aromatic rings. The van der Waals surface area contributed by atoms with Gasteiger partial charge in [0.1, 0.15) is 23.0 Å². The van der Waals surface area contributed by atoms with E-state index in [-0.39, 0.29) is 5.92 Å². The Balaban J connectivity index is 2.28. The number of aryl methyl sites for hydroxylation is 2. The van der Waals surface area contributed by atoms with Gasteiger partial charge in [0, 0.05) is 6.07 Å². The van der Waals surface area contributed by atoms with Crippen LogP contribution in [0.1, 0.15) is 35.9 Å². The third-order valence-electron chi connectivity index (χ3n) is 2.30. The van der Waals surface area contributed by atoms with Gasteiger partial charge in [-0.1, -0.05) is 0 Å². The molecule has 2 aromatic heterocycles. The molecular weight excluding hydrogens is 176 g/mol. The van der Waals surface area contributed by atoms with Gasteiger partial charge in [-0.15, -0.1) is 0 Å². The minimum absolute atomic E-state index is 0.161. The van der Waals surface area contributed by atoms with Crippen LogP contribution < -0.4 is 0 Å². The summed E-state index contributed by atoms with van der Waals surface area (Å²) in [5.74, 6) is 3.74. The summed E-state index contributed by atoms with van der Waals surface area (Å²) >= 11 is 0. The lowest BCUT2D eigenvalue weighted by molar-refractivity contribution is 0.419. The van der Waals surface area contributed by atoms with Gasteiger partial charge in [-0.05, 0) is 39.0 Å². The highest BCUT2D eigenvalue weighted by Gasteiger charge is 2.15. The van der Waals surface area contributed by atoms with Crippen molar-refractivity contribution < 1.29 is 8.83 Å². The lowest BCUT2D eigenvalue weighted by atomic mass is 10.1. The summed E-state index contributed by atoms with van der Waals surface area (Å²) in [5.41, 5.74) is 0. The summed E-state index contributed by atoms with van der Waals surface area (Å²) in [4.78, 5) is 0. The number of rotatable bonds is 2. The molecule has 0 aliphatic carbocycles. The van der Waals surface area contributed by atoms with E-state index in [0.29, 0.717) is 0 Å². The molecule has 2 rings (SSSR count). The smallest absolute Gasteiger partial charge is 0.115 e. The highest BCUT2D eigenvalue weighted by atomic mass is 16.4. The maximum Gasteiger partial charge on any atom is 0.115 e. The largest absolute Gasteiger partial charge is 0.466 e. The van der Waals surface area contributed by atoms with Crippen molar-refractivity contribution in [3.63, 3.8) is 0 Å². The Hall–Kier alpha value is -1.44. The van der Waals surface area contributed by atoms with Crippen molar-refractivity contribution in [3.05, 3.63) is 47.3 Å². The van der Waals surface area contributed by atoms with E-state index < -0.39 is 0 Å². The maximum atomic E-state index is 5.54. The van der Waals surface area contributed by atoms with Crippen LogP contribution in [0.25, 0.3) is 0 Å². The summed E-state index contributed by atoms with van der Waals surface area (Å²) in [6.45, 7) is 5.89. The molecule has 0 fully saturated rings. The lowest BCUT2D eigenvalue weighted by Crippen LogP contribution is -1.91. The molecule has 0 aliphatic heterocycles. The molecule has 1 radical (unpaired) electrons. The highest BCUT2D eigenvalue weighted by molar-refractivity contribution is 5.20. The van der Waals surface area contributed by atoms with E-state index in [1.165, 1.54) is 0 Å². The third-order valence-corrected chi connectivity index (χ3v) is 2.30. The van der Waals surface area contributed by atoms with Crippen molar-refractivity contribution in [1.82, 2.24) is 0 Å². The molecule has 0 saturated heterocycles. The molecule has 14 heavy (non-hydrogen) atoms. The molecule has 1 atom stereocenters. The van der Waals surface area contributed by atoms with Crippen LogP contribution in [-0.2, 0) is 0 Å². The Morgan fingerprint density at radius 1 is 1.14 bits per heavy atom. The molecular formula is C12H13O2. The van der Waals surface area contributed by atoms with Crippen LogP contribution in [0.3, 0.4) is 0 Å². The normalized spacial score (nSPS) is 11.1. The van der Waals surface area contributed by atoms with E-state index in [0.717, 1.165) is 23.0 Å². The van der Waals surface area contributed by atoms with Gasteiger partial charge in [0.15, 0.2) is 0 Å². The average Bonchev–Trinajstić information content (AvgIpc) is 2.73. The molecule has 0 aromatic carbocycles.